The molecule has 31 valence electrons. The van der Waals surface area contributed by atoms with Gasteiger partial charge in [0.25, 0.3) is 0 Å². The monoisotopic (exact) mass is 100.0 g/mol. The van der Waals surface area contributed by atoms with Crippen molar-refractivity contribution in [3.63, 3.8) is 0 Å². The van der Waals surface area contributed by atoms with E-state index >= 15 is 0 Å². The maximum atomic E-state index is 5.06. The number of hydrogen-bond acceptors (Lipinski definition) is 4. The Labute approximate surface area is 39.1 Å². The standard InChI is InChI=1S/C2H2N3S/c3-2-1-4-6-5-2/h(H2,3,5). The molecule has 2 N–H and O–H groups in total. The maximum absolute atomic E-state index is 5.06. The minimum Gasteiger partial charge on any atom is -0.381 e. The first-order valence-electron chi connectivity index (χ1n) is 1.35. The van der Waals surface area contributed by atoms with Crippen LogP contribution in [0.25, 0.3) is 0 Å². The summed E-state index contributed by atoms with van der Waals surface area (Å²) >= 11 is 1.06. The van der Waals surface area contributed by atoms with Crippen LogP contribution in [0.15, 0.2) is 0 Å². The average Bonchev–Trinajstić information content (AvgIpc) is 1.86. The van der Waals surface area contributed by atoms with Crippen LogP contribution in [0, 0.1) is 6.20 Å². The lowest BCUT2D eigenvalue weighted by Gasteiger charge is -1.63. The zero-order chi connectivity index (χ0) is 4.41. The minimum atomic E-state index is 0.375. The summed E-state index contributed by atoms with van der Waals surface area (Å²) in [6, 6.07) is 0. The van der Waals surface area contributed by atoms with Gasteiger partial charge in [-0.1, -0.05) is 0 Å². The molecule has 1 radical (unpaired) electrons. The van der Waals surface area contributed by atoms with Gasteiger partial charge in [-0.05, 0) is 0 Å². The molecule has 1 heterocycles. The Hall–Kier alpha value is -0.640. The lowest BCUT2D eigenvalue weighted by Crippen LogP contribution is -1.79. The quantitative estimate of drug-likeness (QED) is 0.496. The molecule has 0 fully saturated rings. The van der Waals surface area contributed by atoms with E-state index in [9.17, 15) is 0 Å². The van der Waals surface area contributed by atoms with Crippen molar-refractivity contribution >= 4 is 17.5 Å². The molecule has 1 aromatic rings. The van der Waals surface area contributed by atoms with Crippen LogP contribution < -0.4 is 5.73 Å². The Kier molecular flexibility index (Phi) is 0.719. The molecule has 1 aromatic heterocycles. The van der Waals surface area contributed by atoms with E-state index < -0.39 is 0 Å². The Morgan fingerprint density at radius 2 is 2.67 bits per heavy atom. The smallest absolute Gasteiger partial charge is 0.167 e. The summed E-state index contributed by atoms with van der Waals surface area (Å²) in [6.07, 6.45) is 2.44. The maximum Gasteiger partial charge on any atom is 0.167 e. The highest BCUT2D eigenvalue weighted by Gasteiger charge is 1.80. The molecule has 0 unspecified atom stereocenters. The fourth-order valence-electron chi connectivity index (χ4n) is 0.152. The van der Waals surface area contributed by atoms with Crippen molar-refractivity contribution in [2.75, 3.05) is 5.73 Å². The van der Waals surface area contributed by atoms with Gasteiger partial charge in [0, 0.05) is 0 Å². The molecule has 0 saturated carbocycles. The highest BCUT2D eigenvalue weighted by Crippen LogP contribution is 1.90. The van der Waals surface area contributed by atoms with E-state index in [-0.39, 0.29) is 0 Å². The number of nitrogens with two attached hydrogens (primary N) is 1. The second kappa shape index (κ2) is 1.22. The summed E-state index contributed by atoms with van der Waals surface area (Å²) in [5.41, 5.74) is 5.06. The zero-order valence-electron chi connectivity index (χ0n) is 2.88. The third-order valence-electron chi connectivity index (χ3n) is 0.340. The van der Waals surface area contributed by atoms with E-state index in [4.69, 9.17) is 5.73 Å². The molecule has 0 amide bonds. The Bertz CT molecular complexity index is 112. The first-order chi connectivity index (χ1) is 2.89. The molecule has 0 saturated heterocycles. The summed E-state index contributed by atoms with van der Waals surface area (Å²) in [4.78, 5) is 0. The molecule has 0 bridgehead atoms. The normalized spacial score (nSPS) is 8.67. The van der Waals surface area contributed by atoms with E-state index in [0.717, 1.165) is 11.7 Å². The average molecular weight is 100 g/mol. The van der Waals surface area contributed by atoms with Crippen LogP contribution in [0.2, 0.25) is 0 Å². The lowest BCUT2D eigenvalue weighted by atomic mass is 10.8. The molecule has 0 aliphatic heterocycles. The number of hydrogen-bond donors (Lipinski definition) is 1. The molecular weight excluding hydrogens is 98.1 g/mol. The van der Waals surface area contributed by atoms with E-state index in [1.54, 1.807) is 0 Å². The van der Waals surface area contributed by atoms with Crippen LogP contribution in [0.4, 0.5) is 5.82 Å². The first kappa shape index (κ1) is 3.55. The lowest BCUT2D eigenvalue weighted by molar-refractivity contribution is 1.50. The zero-order valence-corrected chi connectivity index (χ0v) is 3.70. The van der Waals surface area contributed by atoms with E-state index in [1.807, 2.05) is 0 Å². The predicted octanol–water partition coefficient (Wildman–Crippen LogP) is -0.0795. The molecular formula is C2H2N3S. The van der Waals surface area contributed by atoms with E-state index in [1.165, 1.54) is 0 Å². The van der Waals surface area contributed by atoms with Gasteiger partial charge in [0.05, 0.1) is 11.7 Å². The molecule has 0 aromatic carbocycles. The molecule has 6 heavy (non-hydrogen) atoms. The predicted molar refractivity (Wildman–Crippen MR) is 23.2 cm³/mol. The molecule has 0 atom stereocenters. The summed E-state index contributed by atoms with van der Waals surface area (Å²) in [7, 11) is 0. The highest BCUT2D eigenvalue weighted by atomic mass is 32.1. The van der Waals surface area contributed by atoms with Gasteiger partial charge in [0.15, 0.2) is 12.0 Å². The van der Waals surface area contributed by atoms with E-state index in [2.05, 4.69) is 14.9 Å². The first-order valence-corrected chi connectivity index (χ1v) is 2.08. The fourth-order valence-corrected chi connectivity index (χ4v) is 0.456. The van der Waals surface area contributed by atoms with Crippen molar-refractivity contribution in [3.8, 4) is 0 Å². The van der Waals surface area contributed by atoms with Crippen molar-refractivity contribution < 1.29 is 0 Å². The van der Waals surface area contributed by atoms with Crippen molar-refractivity contribution in [3.05, 3.63) is 6.20 Å². The van der Waals surface area contributed by atoms with Crippen LogP contribution >= 0.6 is 11.7 Å². The van der Waals surface area contributed by atoms with Crippen molar-refractivity contribution in [1.82, 2.24) is 8.75 Å². The van der Waals surface area contributed by atoms with Gasteiger partial charge in [-0.2, -0.15) is 8.75 Å². The molecule has 0 aliphatic carbocycles. The van der Waals surface area contributed by atoms with Gasteiger partial charge in [0.1, 0.15) is 0 Å². The van der Waals surface area contributed by atoms with Crippen LogP contribution in [-0.4, -0.2) is 8.75 Å². The van der Waals surface area contributed by atoms with Crippen molar-refractivity contribution in [1.29, 1.82) is 0 Å². The van der Waals surface area contributed by atoms with Crippen molar-refractivity contribution in [2.45, 2.75) is 0 Å². The molecule has 0 aliphatic rings. The second-order valence-electron chi connectivity index (χ2n) is 0.761. The summed E-state index contributed by atoms with van der Waals surface area (Å²) in [5, 5.41) is 0. The number of nitrogen functional groups attached to an aromatic ring is 1. The molecule has 1 rings (SSSR count). The van der Waals surface area contributed by atoms with Crippen LogP contribution in [0.5, 0.6) is 0 Å². The molecule has 0 spiro atoms. The van der Waals surface area contributed by atoms with Gasteiger partial charge < -0.3 is 5.73 Å². The Morgan fingerprint density at radius 1 is 1.83 bits per heavy atom. The topological polar surface area (TPSA) is 51.8 Å². The molecule has 3 nitrogen and oxygen atoms in total. The Morgan fingerprint density at radius 3 is 2.83 bits per heavy atom. The largest absolute Gasteiger partial charge is 0.381 e. The second-order valence-corrected chi connectivity index (χ2v) is 1.29. The van der Waals surface area contributed by atoms with Crippen LogP contribution in [0.1, 0.15) is 0 Å². The summed E-state index contributed by atoms with van der Waals surface area (Å²) in [5.74, 6) is 0.375. The van der Waals surface area contributed by atoms with Crippen LogP contribution in [0.3, 0.4) is 0 Å². The van der Waals surface area contributed by atoms with Gasteiger partial charge in [-0.3, -0.25) is 0 Å². The highest BCUT2D eigenvalue weighted by molar-refractivity contribution is 6.99. The van der Waals surface area contributed by atoms with Gasteiger partial charge >= 0.3 is 0 Å². The number of anilines is 1. The minimum absolute atomic E-state index is 0.375. The summed E-state index contributed by atoms with van der Waals surface area (Å²) in [6.45, 7) is 0. The van der Waals surface area contributed by atoms with Gasteiger partial charge in [-0.25, -0.2) is 0 Å². The van der Waals surface area contributed by atoms with E-state index in [0.29, 0.717) is 5.82 Å². The van der Waals surface area contributed by atoms with Crippen LogP contribution in [-0.2, 0) is 0 Å². The third kappa shape index (κ3) is 0.463. The van der Waals surface area contributed by atoms with Crippen molar-refractivity contribution in [2.24, 2.45) is 0 Å². The SMILES string of the molecule is Nc1[c]nsn1. The third-order valence-corrected chi connectivity index (χ3v) is 0.791. The number of aromatic nitrogens is 2. The van der Waals surface area contributed by atoms with Gasteiger partial charge in [0.2, 0.25) is 0 Å². The number of nitrogens with zero attached hydrogens (tertiary/aromatic N) is 2. The summed E-state index contributed by atoms with van der Waals surface area (Å²) < 4.78 is 7.07. The Balaban J connectivity index is 3.05. The number of rotatable bonds is 0. The fraction of sp³-hybridized carbons (Fsp3) is 0. The van der Waals surface area contributed by atoms with Gasteiger partial charge in [-0.15, -0.1) is 0 Å². The molecule has 4 heteroatoms.